The number of rotatable bonds is 6. The van der Waals surface area contributed by atoms with E-state index in [0.717, 1.165) is 13.1 Å². The molecule has 0 radical (unpaired) electrons. The molecule has 1 aromatic rings. The zero-order valence-electron chi connectivity index (χ0n) is 12.7. The molecule has 0 aliphatic rings. The summed E-state index contributed by atoms with van der Waals surface area (Å²) < 4.78 is 0. The molecule has 1 heteroatoms. The molecular formula is C17H29N. The van der Waals surface area contributed by atoms with Crippen molar-refractivity contribution in [1.82, 2.24) is 5.32 Å². The predicted octanol–water partition coefficient (Wildman–Crippen LogP) is 4.45. The first-order valence-electron chi connectivity index (χ1n) is 7.17. The van der Waals surface area contributed by atoms with Gasteiger partial charge in [-0.15, -0.1) is 0 Å². The standard InChI is InChI=1S/C17H29N/c1-14(16-9-7-6-8-10-16)11-12-18-13-15(2)17(3,4)5/h6-10,14-15,18H,11-13H2,1-5H3. The van der Waals surface area contributed by atoms with Gasteiger partial charge in [0.25, 0.3) is 0 Å². The van der Waals surface area contributed by atoms with Crippen molar-refractivity contribution >= 4 is 0 Å². The van der Waals surface area contributed by atoms with Gasteiger partial charge in [0.2, 0.25) is 0 Å². The maximum atomic E-state index is 3.59. The topological polar surface area (TPSA) is 12.0 Å². The molecule has 0 bridgehead atoms. The van der Waals surface area contributed by atoms with Crippen molar-refractivity contribution in [3.8, 4) is 0 Å². The second kappa shape index (κ2) is 6.94. The SMILES string of the molecule is CC(CCNCC(C)C(C)(C)C)c1ccccc1. The van der Waals surface area contributed by atoms with E-state index in [1.54, 1.807) is 0 Å². The van der Waals surface area contributed by atoms with Crippen LogP contribution in [-0.2, 0) is 0 Å². The van der Waals surface area contributed by atoms with Crippen molar-refractivity contribution in [3.05, 3.63) is 35.9 Å². The van der Waals surface area contributed by atoms with Crippen molar-refractivity contribution in [2.45, 2.75) is 47.0 Å². The zero-order valence-corrected chi connectivity index (χ0v) is 12.7. The zero-order chi connectivity index (χ0) is 13.6. The third-order valence-corrected chi connectivity index (χ3v) is 4.05. The lowest BCUT2D eigenvalue weighted by molar-refractivity contribution is 0.252. The molecule has 0 spiro atoms. The van der Waals surface area contributed by atoms with Gasteiger partial charge < -0.3 is 5.32 Å². The van der Waals surface area contributed by atoms with E-state index in [4.69, 9.17) is 0 Å². The molecule has 0 fully saturated rings. The Morgan fingerprint density at radius 2 is 1.67 bits per heavy atom. The van der Waals surface area contributed by atoms with Crippen molar-refractivity contribution < 1.29 is 0 Å². The van der Waals surface area contributed by atoms with Crippen LogP contribution in [0, 0.1) is 11.3 Å². The number of nitrogens with one attached hydrogen (secondary N) is 1. The van der Waals surface area contributed by atoms with Crippen LogP contribution in [0.1, 0.15) is 52.5 Å². The molecule has 1 N–H and O–H groups in total. The van der Waals surface area contributed by atoms with Crippen LogP contribution < -0.4 is 5.32 Å². The van der Waals surface area contributed by atoms with Crippen LogP contribution >= 0.6 is 0 Å². The van der Waals surface area contributed by atoms with E-state index < -0.39 is 0 Å². The molecule has 18 heavy (non-hydrogen) atoms. The fraction of sp³-hybridized carbons (Fsp3) is 0.647. The second-order valence-corrected chi connectivity index (χ2v) is 6.57. The monoisotopic (exact) mass is 247 g/mol. The average molecular weight is 247 g/mol. The normalized spacial score (nSPS) is 15.4. The fourth-order valence-corrected chi connectivity index (χ4v) is 1.89. The van der Waals surface area contributed by atoms with Crippen LogP contribution in [0.15, 0.2) is 30.3 Å². The highest BCUT2D eigenvalue weighted by atomic mass is 14.9. The molecule has 102 valence electrons. The van der Waals surface area contributed by atoms with Crippen molar-refractivity contribution in [1.29, 1.82) is 0 Å². The molecule has 1 rings (SSSR count). The molecular weight excluding hydrogens is 218 g/mol. The summed E-state index contributed by atoms with van der Waals surface area (Å²) in [5, 5.41) is 3.59. The first kappa shape index (κ1) is 15.2. The highest BCUT2D eigenvalue weighted by molar-refractivity contribution is 5.18. The molecule has 2 unspecified atom stereocenters. The lowest BCUT2D eigenvalue weighted by Crippen LogP contribution is -2.30. The average Bonchev–Trinajstić information content (AvgIpc) is 2.34. The molecule has 0 aliphatic carbocycles. The fourth-order valence-electron chi connectivity index (χ4n) is 1.89. The summed E-state index contributed by atoms with van der Waals surface area (Å²) in [7, 11) is 0. The van der Waals surface area contributed by atoms with Gasteiger partial charge in [-0.25, -0.2) is 0 Å². The first-order valence-corrected chi connectivity index (χ1v) is 7.17. The lowest BCUT2D eigenvalue weighted by atomic mass is 9.82. The first-order chi connectivity index (χ1) is 8.41. The van der Waals surface area contributed by atoms with E-state index in [-0.39, 0.29) is 0 Å². The minimum Gasteiger partial charge on any atom is -0.316 e. The molecule has 2 atom stereocenters. The second-order valence-electron chi connectivity index (χ2n) is 6.57. The van der Waals surface area contributed by atoms with Crippen LogP contribution in [0.4, 0.5) is 0 Å². The number of hydrogen-bond donors (Lipinski definition) is 1. The van der Waals surface area contributed by atoms with Gasteiger partial charge in [-0.05, 0) is 42.3 Å². The van der Waals surface area contributed by atoms with E-state index in [0.29, 0.717) is 17.3 Å². The number of hydrogen-bond acceptors (Lipinski definition) is 1. The summed E-state index contributed by atoms with van der Waals surface area (Å²) in [5.41, 5.74) is 1.85. The van der Waals surface area contributed by atoms with Crippen LogP contribution in [0.3, 0.4) is 0 Å². The maximum Gasteiger partial charge on any atom is -0.00182 e. The summed E-state index contributed by atoms with van der Waals surface area (Å²) >= 11 is 0. The van der Waals surface area contributed by atoms with E-state index in [1.807, 2.05) is 0 Å². The Morgan fingerprint density at radius 1 is 1.06 bits per heavy atom. The highest BCUT2D eigenvalue weighted by Crippen LogP contribution is 2.24. The van der Waals surface area contributed by atoms with Gasteiger partial charge in [0.05, 0.1) is 0 Å². The van der Waals surface area contributed by atoms with Gasteiger partial charge in [-0.1, -0.05) is 65.0 Å². The van der Waals surface area contributed by atoms with Gasteiger partial charge in [0.15, 0.2) is 0 Å². The van der Waals surface area contributed by atoms with Gasteiger partial charge in [-0.2, -0.15) is 0 Å². The Labute approximate surface area is 113 Å². The Balaban J connectivity index is 2.23. The van der Waals surface area contributed by atoms with E-state index in [1.165, 1.54) is 12.0 Å². The third-order valence-electron chi connectivity index (χ3n) is 4.05. The van der Waals surface area contributed by atoms with E-state index in [9.17, 15) is 0 Å². The van der Waals surface area contributed by atoms with Gasteiger partial charge in [0, 0.05) is 0 Å². The minimum atomic E-state index is 0.401. The Morgan fingerprint density at radius 3 is 2.22 bits per heavy atom. The highest BCUT2D eigenvalue weighted by Gasteiger charge is 2.19. The van der Waals surface area contributed by atoms with Crippen molar-refractivity contribution in [3.63, 3.8) is 0 Å². The molecule has 0 heterocycles. The maximum absolute atomic E-state index is 3.59. The summed E-state index contributed by atoms with van der Waals surface area (Å²) in [5.74, 6) is 1.35. The summed E-state index contributed by atoms with van der Waals surface area (Å²) in [6, 6.07) is 10.8. The van der Waals surface area contributed by atoms with Gasteiger partial charge >= 0.3 is 0 Å². The molecule has 0 saturated carbocycles. The van der Waals surface area contributed by atoms with Crippen molar-refractivity contribution in [2.24, 2.45) is 11.3 Å². The molecule has 1 nitrogen and oxygen atoms in total. The van der Waals surface area contributed by atoms with E-state index in [2.05, 4.69) is 70.3 Å². The van der Waals surface area contributed by atoms with Crippen molar-refractivity contribution in [2.75, 3.05) is 13.1 Å². The van der Waals surface area contributed by atoms with Crippen LogP contribution in [-0.4, -0.2) is 13.1 Å². The molecule has 0 amide bonds. The molecule has 0 aromatic heterocycles. The summed E-state index contributed by atoms with van der Waals surface area (Å²) in [6.45, 7) is 13.8. The lowest BCUT2D eigenvalue weighted by Gasteiger charge is -2.27. The Kier molecular flexibility index (Phi) is 5.87. The summed E-state index contributed by atoms with van der Waals surface area (Å²) in [6.07, 6.45) is 1.21. The molecule has 1 aromatic carbocycles. The summed E-state index contributed by atoms with van der Waals surface area (Å²) in [4.78, 5) is 0. The third kappa shape index (κ3) is 5.22. The number of benzene rings is 1. The predicted molar refractivity (Wildman–Crippen MR) is 81.0 cm³/mol. The largest absolute Gasteiger partial charge is 0.316 e. The van der Waals surface area contributed by atoms with Gasteiger partial charge in [0.1, 0.15) is 0 Å². The molecule has 0 aliphatic heterocycles. The quantitative estimate of drug-likeness (QED) is 0.732. The van der Waals surface area contributed by atoms with Crippen LogP contribution in [0.25, 0.3) is 0 Å². The smallest absolute Gasteiger partial charge is 0.00182 e. The minimum absolute atomic E-state index is 0.401. The Bertz CT molecular complexity index is 323. The van der Waals surface area contributed by atoms with Gasteiger partial charge in [-0.3, -0.25) is 0 Å². The van der Waals surface area contributed by atoms with E-state index >= 15 is 0 Å². The van der Waals surface area contributed by atoms with Crippen LogP contribution in [0.5, 0.6) is 0 Å². The Hall–Kier alpha value is -0.820. The van der Waals surface area contributed by atoms with Crippen LogP contribution in [0.2, 0.25) is 0 Å². The molecule has 0 saturated heterocycles.